The second-order valence-electron chi connectivity index (χ2n) is 20.0. The van der Waals surface area contributed by atoms with Gasteiger partial charge in [0.25, 0.3) is 0 Å². The standard InChI is InChI=1S/C66H86O16/c1-69-53-38-45(27-48(21-17-41-30-55(71-3)63(79-11)56(31-41)72-4)51(53)23-19-43-34-59(75-7)65(81-13)60(35-43)76-8)26-47(16-15-25-67)50(40-68)29-46-28-49(22-18-42-32-57(73-5)64(80-12)58(33-42)74-6)52(54(39-46)70-2)24-20-44-36-61(77-9)66(82-14)62(37-44)78-10/h27-28,30-39,47,50,67-68H,15-26,29,40H2,1-14H3/t47-,50+/m1/s1. The number of hydrogen-bond donors (Lipinski definition) is 2. The van der Waals surface area contributed by atoms with Gasteiger partial charge in [0.2, 0.25) is 23.0 Å². The van der Waals surface area contributed by atoms with E-state index in [1.807, 2.05) is 48.5 Å². The van der Waals surface area contributed by atoms with Crippen LogP contribution in [0.1, 0.15) is 68.5 Å². The van der Waals surface area contributed by atoms with E-state index in [2.05, 4.69) is 24.3 Å². The minimum absolute atomic E-state index is 0.0247. The maximum absolute atomic E-state index is 11.5. The summed E-state index contributed by atoms with van der Waals surface area (Å²) in [6, 6.07) is 24.7. The zero-order chi connectivity index (χ0) is 59.3. The van der Waals surface area contributed by atoms with E-state index in [0.717, 1.165) is 67.1 Å². The molecule has 0 radical (unpaired) electrons. The molecule has 0 bridgehead atoms. The fourth-order valence-electron chi connectivity index (χ4n) is 11.2. The van der Waals surface area contributed by atoms with Gasteiger partial charge in [-0.1, -0.05) is 12.1 Å². The first-order valence-corrected chi connectivity index (χ1v) is 27.6. The van der Waals surface area contributed by atoms with Crippen LogP contribution < -0.4 is 66.3 Å². The lowest BCUT2D eigenvalue weighted by Crippen LogP contribution is -2.24. The second kappa shape index (κ2) is 31.6. The molecule has 82 heavy (non-hydrogen) atoms. The summed E-state index contributed by atoms with van der Waals surface area (Å²) in [6.45, 7) is -0.0442. The molecule has 0 unspecified atom stereocenters. The predicted molar refractivity (Wildman–Crippen MR) is 318 cm³/mol. The molecule has 0 saturated heterocycles. The van der Waals surface area contributed by atoms with E-state index in [1.54, 1.807) is 99.5 Å². The van der Waals surface area contributed by atoms with E-state index in [1.165, 1.54) is 0 Å². The van der Waals surface area contributed by atoms with Crippen molar-refractivity contribution in [2.75, 3.05) is 113 Å². The minimum Gasteiger partial charge on any atom is -0.496 e. The first kappa shape index (κ1) is 63.6. The van der Waals surface area contributed by atoms with Crippen molar-refractivity contribution in [3.63, 3.8) is 0 Å². The van der Waals surface area contributed by atoms with Crippen molar-refractivity contribution in [2.45, 2.75) is 77.0 Å². The molecule has 0 heterocycles. The van der Waals surface area contributed by atoms with Gasteiger partial charge in [0.15, 0.2) is 46.0 Å². The van der Waals surface area contributed by atoms with Crippen LogP contribution in [0, 0.1) is 11.8 Å². The summed E-state index contributed by atoms with van der Waals surface area (Å²) in [4.78, 5) is 0. The summed E-state index contributed by atoms with van der Waals surface area (Å²) in [5, 5.41) is 21.8. The number of aryl methyl sites for hydroxylation is 6. The zero-order valence-electron chi connectivity index (χ0n) is 50.6. The van der Waals surface area contributed by atoms with Crippen molar-refractivity contribution in [1.82, 2.24) is 0 Å². The Bertz CT molecular complexity index is 2910. The molecule has 0 amide bonds. The third kappa shape index (κ3) is 15.5. The Morgan fingerprint density at radius 2 is 0.537 bits per heavy atom. The first-order valence-electron chi connectivity index (χ1n) is 27.6. The topological polar surface area (TPSA) is 170 Å². The first-order chi connectivity index (χ1) is 39.9. The van der Waals surface area contributed by atoms with Gasteiger partial charge in [-0.3, -0.25) is 0 Å². The second-order valence-corrected chi connectivity index (χ2v) is 20.0. The Kier molecular flexibility index (Phi) is 24.5. The Balaban J connectivity index is 1.39. The fraction of sp³-hybridized carbons (Fsp3) is 0.455. The molecule has 0 aliphatic rings. The number of methoxy groups -OCH3 is 14. The molecule has 6 rings (SSSR count). The van der Waals surface area contributed by atoms with Gasteiger partial charge in [-0.15, -0.1) is 0 Å². The van der Waals surface area contributed by atoms with Gasteiger partial charge in [-0.25, -0.2) is 0 Å². The lowest BCUT2D eigenvalue weighted by molar-refractivity contribution is 0.158. The highest BCUT2D eigenvalue weighted by Crippen LogP contribution is 2.43. The number of aliphatic hydroxyl groups excluding tert-OH is 2. The third-order valence-corrected chi connectivity index (χ3v) is 15.4. The Hall–Kier alpha value is -7.56. The van der Waals surface area contributed by atoms with Crippen LogP contribution in [0.2, 0.25) is 0 Å². The monoisotopic (exact) mass is 1130 g/mol. The van der Waals surface area contributed by atoms with E-state index in [-0.39, 0.29) is 25.0 Å². The van der Waals surface area contributed by atoms with Crippen molar-refractivity contribution in [3.05, 3.63) is 128 Å². The number of aliphatic hydroxyl groups is 2. The quantitative estimate of drug-likeness (QED) is 0.0385. The summed E-state index contributed by atoms with van der Waals surface area (Å²) in [6.07, 6.45) is 7.72. The van der Waals surface area contributed by atoms with E-state index >= 15 is 0 Å². The van der Waals surface area contributed by atoms with Crippen molar-refractivity contribution < 1.29 is 76.5 Å². The predicted octanol–water partition coefficient (Wildman–Crippen LogP) is 10.7. The van der Waals surface area contributed by atoms with Crippen molar-refractivity contribution in [1.29, 1.82) is 0 Å². The molecule has 6 aromatic carbocycles. The molecule has 0 spiro atoms. The summed E-state index contributed by atoms with van der Waals surface area (Å²) in [5.41, 5.74) is 10.5. The summed E-state index contributed by atoms with van der Waals surface area (Å²) < 4.78 is 81.0. The van der Waals surface area contributed by atoms with Crippen LogP contribution >= 0.6 is 0 Å². The maximum Gasteiger partial charge on any atom is 0.203 e. The van der Waals surface area contributed by atoms with Crippen molar-refractivity contribution in [2.24, 2.45) is 11.8 Å². The van der Waals surface area contributed by atoms with E-state index in [9.17, 15) is 10.2 Å². The van der Waals surface area contributed by atoms with Gasteiger partial charge in [0.1, 0.15) is 11.5 Å². The average molecular weight is 1140 g/mol. The maximum atomic E-state index is 11.5. The van der Waals surface area contributed by atoms with Crippen molar-refractivity contribution >= 4 is 0 Å². The largest absolute Gasteiger partial charge is 0.496 e. The van der Waals surface area contributed by atoms with Gasteiger partial charge in [-0.2, -0.15) is 0 Å². The summed E-state index contributed by atoms with van der Waals surface area (Å²) in [5.74, 6) is 8.13. The molecule has 0 saturated carbocycles. The van der Waals surface area contributed by atoms with Crippen LogP contribution in [-0.2, 0) is 64.2 Å². The van der Waals surface area contributed by atoms with Crippen molar-refractivity contribution in [3.8, 4) is 80.5 Å². The van der Waals surface area contributed by atoms with E-state index in [0.29, 0.717) is 146 Å². The molecule has 2 atom stereocenters. The number of hydrogen-bond acceptors (Lipinski definition) is 16. The molecule has 0 aliphatic carbocycles. The summed E-state index contributed by atoms with van der Waals surface area (Å²) >= 11 is 0. The number of ether oxygens (including phenoxy) is 14. The normalized spacial score (nSPS) is 11.8. The smallest absolute Gasteiger partial charge is 0.203 e. The molecule has 16 nitrogen and oxygen atoms in total. The molecule has 6 aromatic rings. The summed E-state index contributed by atoms with van der Waals surface area (Å²) in [7, 11) is 22.8. The third-order valence-electron chi connectivity index (χ3n) is 15.4. The zero-order valence-corrected chi connectivity index (χ0v) is 50.6. The van der Waals surface area contributed by atoms with Crippen LogP contribution in [0.15, 0.2) is 72.8 Å². The Labute approximate surface area is 485 Å². The van der Waals surface area contributed by atoms with Crippen LogP contribution in [0.5, 0.6) is 80.5 Å². The molecule has 446 valence electrons. The van der Waals surface area contributed by atoms with Crippen LogP contribution in [0.3, 0.4) is 0 Å². The van der Waals surface area contributed by atoms with E-state index < -0.39 is 0 Å². The molecule has 0 aliphatic heterocycles. The lowest BCUT2D eigenvalue weighted by Gasteiger charge is -2.28. The Morgan fingerprint density at radius 1 is 0.280 bits per heavy atom. The van der Waals surface area contributed by atoms with Crippen LogP contribution in [0.4, 0.5) is 0 Å². The molecule has 16 heteroatoms. The van der Waals surface area contributed by atoms with Gasteiger partial charge < -0.3 is 76.5 Å². The molecular formula is C66H86O16. The van der Waals surface area contributed by atoms with Gasteiger partial charge in [-0.05, 0) is 205 Å². The van der Waals surface area contributed by atoms with Gasteiger partial charge in [0, 0.05) is 13.2 Å². The number of rotatable bonds is 35. The average Bonchev–Trinajstić information content (AvgIpc) is 3.56. The highest BCUT2D eigenvalue weighted by molar-refractivity contribution is 5.58. The number of benzene rings is 6. The van der Waals surface area contributed by atoms with Crippen LogP contribution in [0.25, 0.3) is 0 Å². The van der Waals surface area contributed by atoms with Crippen LogP contribution in [-0.4, -0.2) is 123 Å². The molecule has 0 aromatic heterocycles. The highest BCUT2D eigenvalue weighted by Gasteiger charge is 2.26. The minimum atomic E-state index is -0.183. The lowest BCUT2D eigenvalue weighted by atomic mass is 9.79. The SMILES string of the molecule is COc1cc(C[C@@H](CO)[C@H](CCCO)Cc2cc(CCc3cc(OC)c(OC)c(OC)c3)c(CCc3cc(OC)c(OC)c(OC)c3)c(OC)c2)cc(CCc2cc(OC)c(OC)c(OC)c2)c1CCc1cc(OC)c(OC)c(OC)c1. The van der Waals surface area contributed by atoms with Gasteiger partial charge >= 0.3 is 0 Å². The molecular weight excluding hydrogens is 1050 g/mol. The Morgan fingerprint density at radius 3 is 0.780 bits per heavy atom. The fourth-order valence-corrected chi connectivity index (χ4v) is 11.2. The van der Waals surface area contributed by atoms with E-state index in [4.69, 9.17) is 66.3 Å². The molecule has 2 N–H and O–H groups in total. The molecule has 0 fully saturated rings. The van der Waals surface area contributed by atoms with Gasteiger partial charge in [0.05, 0.1) is 99.5 Å². The highest BCUT2D eigenvalue weighted by atomic mass is 16.6.